The summed E-state index contributed by atoms with van der Waals surface area (Å²) in [6.45, 7) is 6.89. The number of benzene rings is 21. The van der Waals surface area contributed by atoms with Gasteiger partial charge in [-0.3, -0.25) is 0 Å². The highest BCUT2D eigenvalue weighted by atomic mass is 16.3. The summed E-state index contributed by atoms with van der Waals surface area (Å²) < 4.78 is 22.7. The average molecular weight is 1730 g/mol. The van der Waals surface area contributed by atoms with Crippen LogP contribution in [0.25, 0.3) is 198 Å². The van der Waals surface area contributed by atoms with Crippen LogP contribution in [0.4, 0.5) is 51.2 Å². The monoisotopic (exact) mass is 1730 g/mol. The smallest absolute Gasteiger partial charge is 0.135 e. The number of nitrogens with zero attached hydrogens (tertiary/aromatic N) is 7. The van der Waals surface area contributed by atoms with Crippen LogP contribution in [0.15, 0.2) is 470 Å². The van der Waals surface area contributed by atoms with Crippen molar-refractivity contribution < 1.29 is 8.83 Å². The van der Waals surface area contributed by atoms with Crippen LogP contribution in [0, 0.1) is 0 Å². The normalized spacial score (nSPS) is 12.1. The molecule has 0 N–H and O–H groups in total. The molecular formula is C126H85N7O2. The summed E-state index contributed by atoms with van der Waals surface area (Å²) in [5, 5.41) is 21.0. The highest BCUT2D eigenvalue weighted by Gasteiger charge is 2.29. The molecule has 6 aromatic heterocycles. The van der Waals surface area contributed by atoms with Gasteiger partial charge < -0.3 is 41.8 Å². The molecule has 0 aliphatic carbocycles. The molecule has 27 aromatic rings. The number of hydrogen-bond donors (Lipinski definition) is 0. The Morgan fingerprint density at radius 3 is 0.748 bits per heavy atom. The van der Waals surface area contributed by atoms with Crippen LogP contribution in [-0.2, 0) is 5.41 Å². The fraction of sp³-hybridized carbons (Fsp3) is 0.0317. The van der Waals surface area contributed by atoms with Crippen molar-refractivity contribution in [3.05, 3.63) is 467 Å². The zero-order chi connectivity index (χ0) is 89.3. The van der Waals surface area contributed by atoms with Crippen LogP contribution in [0.5, 0.6) is 0 Å². The molecule has 6 heterocycles. The number of para-hydroxylation sites is 8. The summed E-state index contributed by atoms with van der Waals surface area (Å²) in [6.07, 6.45) is 0. The third kappa shape index (κ3) is 12.5. The van der Waals surface area contributed by atoms with E-state index in [9.17, 15) is 0 Å². The lowest BCUT2D eigenvalue weighted by Crippen LogP contribution is -2.13. The largest absolute Gasteiger partial charge is 0.456 e. The number of hydrogen-bond acceptors (Lipinski definition) is 5. The van der Waals surface area contributed by atoms with Crippen LogP contribution in [0.2, 0.25) is 0 Å². The Morgan fingerprint density at radius 1 is 0.185 bits per heavy atom. The van der Waals surface area contributed by atoms with Crippen LogP contribution < -0.4 is 14.7 Å². The molecule has 0 saturated carbocycles. The number of aromatic nitrogens is 4. The Kier molecular flexibility index (Phi) is 17.5. The highest BCUT2D eigenvalue weighted by Crippen LogP contribution is 2.52. The number of furan rings is 2. The van der Waals surface area contributed by atoms with Gasteiger partial charge in [-0.25, -0.2) is 0 Å². The molecule has 0 spiro atoms. The van der Waals surface area contributed by atoms with Crippen molar-refractivity contribution in [3.63, 3.8) is 0 Å². The average Bonchev–Trinajstić information content (AvgIpc) is 1.55. The third-order valence-corrected chi connectivity index (χ3v) is 27.9. The summed E-state index contributed by atoms with van der Waals surface area (Å²) in [4.78, 5) is 7.26. The minimum atomic E-state index is -0.0731. The van der Waals surface area contributed by atoms with E-state index in [1.165, 1.54) is 59.4 Å². The molecular weight excluding hydrogens is 1640 g/mol. The quantitative estimate of drug-likeness (QED) is 0.102. The lowest BCUT2D eigenvalue weighted by molar-refractivity contribution is 0.590. The van der Waals surface area contributed by atoms with Gasteiger partial charge in [0.1, 0.15) is 22.7 Å². The minimum absolute atomic E-state index is 0.0731. The number of rotatable bonds is 15. The lowest BCUT2D eigenvalue weighted by atomic mass is 9.87. The Bertz CT molecular complexity index is 8890. The zero-order valence-electron chi connectivity index (χ0n) is 74.3. The van der Waals surface area contributed by atoms with E-state index in [2.05, 4.69) is 491 Å². The third-order valence-electron chi connectivity index (χ3n) is 27.9. The van der Waals surface area contributed by atoms with Crippen LogP contribution >= 0.6 is 0 Å². The van der Waals surface area contributed by atoms with E-state index in [0.29, 0.717) is 0 Å². The van der Waals surface area contributed by atoms with E-state index in [4.69, 9.17) is 8.83 Å². The predicted molar refractivity (Wildman–Crippen MR) is 567 cm³/mol. The van der Waals surface area contributed by atoms with Crippen molar-refractivity contribution >= 4 is 203 Å². The van der Waals surface area contributed by atoms with E-state index in [1.54, 1.807) is 0 Å². The van der Waals surface area contributed by atoms with Gasteiger partial charge in [0.25, 0.3) is 0 Å². The molecule has 9 heteroatoms. The van der Waals surface area contributed by atoms with Gasteiger partial charge in [0.15, 0.2) is 0 Å². The van der Waals surface area contributed by atoms with E-state index in [1.807, 2.05) is 24.3 Å². The number of anilines is 9. The van der Waals surface area contributed by atoms with Gasteiger partial charge in [0.2, 0.25) is 0 Å². The molecule has 9 nitrogen and oxygen atoms in total. The summed E-state index contributed by atoms with van der Waals surface area (Å²) in [5.74, 6) is 1.72. The number of fused-ring (bicyclic) bond motifs is 22. The van der Waals surface area contributed by atoms with Crippen molar-refractivity contribution in [1.29, 1.82) is 0 Å². The van der Waals surface area contributed by atoms with Crippen molar-refractivity contribution in [2.75, 3.05) is 14.7 Å². The molecule has 0 saturated heterocycles. The first kappa shape index (κ1) is 77.3. The molecule has 0 aliphatic heterocycles. The van der Waals surface area contributed by atoms with E-state index < -0.39 is 0 Å². The summed E-state index contributed by atoms with van der Waals surface area (Å²) in [6, 6.07) is 170. The maximum atomic E-state index is 6.37. The van der Waals surface area contributed by atoms with Gasteiger partial charge in [0.05, 0.1) is 44.1 Å². The van der Waals surface area contributed by atoms with Gasteiger partial charge in [-0.15, -0.1) is 0 Å². The first-order chi connectivity index (χ1) is 66.5. The molecule has 0 amide bonds. The van der Waals surface area contributed by atoms with Gasteiger partial charge in [-0.1, -0.05) is 263 Å². The topological polar surface area (TPSA) is 55.7 Å². The van der Waals surface area contributed by atoms with Gasteiger partial charge >= 0.3 is 0 Å². The Morgan fingerprint density at radius 2 is 0.437 bits per heavy atom. The van der Waals surface area contributed by atoms with Gasteiger partial charge in [0, 0.05) is 139 Å². The molecule has 27 rings (SSSR count). The first-order valence-electron chi connectivity index (χ1n) is 46.4. The van der Waals surface area contributed by atoms with Crippen molar-refractivity contribution in [3.8, 4) is 45.4 Å². The molecule has 636 valence electrons. The molecule has 0 aliphatic rings. The SMILES string of the molecule is CC(C)(C)c1ccc(N(c2ccc3c4c5ccc6c(c5ccc4n(-c4ccccc4)c3c2)c2ccc(N(c3ccccc3)c3ccc4cc(-c5cc7ccccc7o5)ccc4c3)cc2n6-c2ccccc2)c2ccc3c4c5ccc6c(c5ccc4n(-c4ccccc4)c3c2)c2ccc(N(c3ccccc3)c3ccc4cc(-c5cc7ccccc7o5)ccc4c3)cc2n6-c2ccccc2)cc1. The summed E-state index contributed by atoms with van der Waals surface area (Å²) in [5.41, 5.74) is 27.9. The predicted octanol–water partition coefficient (Wildman–Crippen LogP) is 35.2. The molecule has 0 unspecified atom stereocenters. The maximum absolute atomic E-state index is 6.37. The van der Waals surface area contributed by atoms with Crippen LogP contribution in [0.1, 0.15) is 26.3 Å². The highest BCUT2D eigenvalue weighted by molar-refractivity contribution is 6.32. The lowest BCUT2D eigenvalue weighted by Gasteiger charge is -2.27. The minimum Gasteiger partial charge on any atom is -0.456 e. The first-order valence-corrected chi connectivity index (χ1v) is 46.4. The van der Waals surface area contributed by atoms with E-state index in [0.717, 1.165) is 195 Å². The van der Waals surface area contributed by atoms with Crippen molar-refractivity contribution in [2.24, 2.45) is 0 Å². The second-order valence-corrected chi connectivity index (χ2v) is 36.8. The molecule has 0 radical (unpaired) electrons. The zero-order valence-corrected chi connectivity index (χ0v) is 74.3. The van der Waals surface area contributed by atoms with Crippen molar-refractivity contribution in [2.45, 2.75) is 26.2 Å². The van der Waals surface area contributed by atoms with Crippen molar-refractivity contribution in [1.82, 2.24) is 18.3 Å². The fourth-order valence-corrected chi connectivity index (χ4v) is 21.7. The summed E-state index contributed by atoms with van der Waals surface area (Å²) in [7, 11) is 0. The van der Waals surface area contributed by atoms with Crippen LogP contribution in [0.3, 0.4) is 0 Å². The second kappa shape index (κ2) is 30.5. The molecule has 0 atom stereocenters. The Hall–Kier alpha value is -17.7. The second-order valence-electron chi connectivity index (χ2n) is 36.8. The Labute approximate surface area is 778 Å². The van der Waals surface area contributed by atoms with Gasteiger partial charge in [-0.05, 0) is 272 Å². The Balaban J connectivity index is 0.613. The maximum Gasteiger partial charge on any atom is 0.135 e. The standard InChI is InChI=1S/C126H85N7O2/c1-126(2,3)88-48-52-95(53-49-88)129(100-56-60-108-116(78-100)132(93-36-18-8-19-37-93)112-68-64-102-104(124(108)112)62-66-110-122(102)106-58-54-98(76-114(106)130(110)91-32-14-6-15-33-91)127(89-28-10-4-11-29-89)96-50-46-80-70-86(44-42-82(80)72-96)120-74-84-26-22-24-40-118(84)134-120)101-57-61-109-117(79-101)133(94-38-20-9-21-39-94)113-69-65-103-105(125(109)113)63-67-111-123(103)107-59-55-99(77-115(107)131(111)92-34-16-7-17-35-92)128(90-30-12-5-13-31-90)97-51-47-81-71-87(45-43-83(81)73-97)121-75-85-27-23-25-41-119(85)135-121/h4-79H,1-3H3. The molecule has 0 fully saturated rings. The summed E-state index contributed by atoms with van der Waals surface area (Å²) >= 11 is 0. The van der Waals surface area contributed by atoms with Crippen LogP contribution in [-0.4, -0.2) is 18.3 Å². The fourth-order valence-electron chi connectivity index (χ4n) is 21.7. The molecule has 0 bridgehead atoms. The van der Waals surface area contributed by atoms with Gasteiger partial charge in [-0.2, -0.15) is 0 Å². The molecule has 135 heavy (non-hydrogen) atoms. The van der Waals surface area contributed by atoms with E-state index in [-0.39, 0.29) is 5.41 Å². The molecule has 21 aromatic carbocycles. The van der Waals surface area contributed by atoms with E-state index >= 15 is 0 Å².